The highest BCUT2D eigenvalue weighted by Crippen LogP contribution is 2.27. The molecular formula is C34H50ClFN4O. The highest BCUT2D eigenvalue weighted by molar-refractivity contribution is 6.31. The van der Waals surface area contributed by atoms with Crippen LogP contribution >= 0.6 is 11.6 Å². The summed E-state index contributed by atoms with van der Waals surface area (Å²) in [6.07, 6.45) is 8.92. The Labute approximate surface area is 253 Å². The Morgan fingerprint density at radius 1 is 1.20 bits per heavy atom. The maximum Gasteiger partial charge on any atom is 0.180 e. The van der Waals surface area contributed by atoms with Gasteiger partial charge in [-0.15, -0.1) is 5.73 Å². The predicted octanol–water partition coefficient (Wildman–Crippen LogP) is 7.38. The van der Waals surface area contributed by atoms with Gasteiger partial charge < -0.3 is 19.9 Å². The molecule has 2 atom stereocenters. The smallest absolute Gasteiger partial charge is 0.180 e. The second-order valence-electron chi connectivity index (χ2n) is 11.2. The van der Waals surface area contributed by atoms with E-state index in [1.807, 2.05) is 39.0 Å². The van der Waals surface area contributed by atoms with Gasteiger partial charge in [-0.1, -0.05) is 69.0 Å². The van der Waals surface area contributed by atoms with E-state index in [1.165, 1.54) is 0 Å². The first kappa shape index (κ1) is 34.4. The maximum absolute atomic E-state index is 15.0. The van der Waals surface area contributed by atoms with E-state index >= 15 is 0 Å². The fraction of sp³-hybridized carbons (Fsp3) is 0.500. The third-order valence-corrected chi connectivity index (χ3v) is 7.39. The van der Waals surface area contributed by atoms with Crippen molar-refractivity contribution in [1.29, 1.82) is 0 Å². The molecule has 41 heavy (non-hydrogen) atoms. The Morgan fingerprint density at radius 2 is 1.85 bits per heavy atom. The quantitative estimate of drug-likeness (QED) is 0.124. The van der Waals surface area contributed by atoms with Crippen LogP contribution in [0.3, 0.4) is 0 Å². The Hall–Kier alpha value is -2.76. The van der Waals surface area contributed by atoms with Crippen molar-refractivity contribution in [2.75, 3.05) is 45.8 Å². The predicted molar refractivity (Wildman–Crippen MR) is 172 cm³/mol. The molecule has 5 nitrogen and oxygen atoms in total. The zero-order valence-electron chi connectivity index (χ0n) is 25.8. The summed E-state index contributed by atoms with van der Waals surface area (Å²) in [5, 5.41) is 4.11. The monoisotopic (exact) mass is 584 g/mol. The number of rotatable bonds is 16. The van der Waals surface area contributed by atoms with Gasteiger partial charge in [-0.25, -0.2) is 4.39 Å². The average Bonchev–Trinajstić information content (AvgIpc) is 2.92. The van der Waals surface area contributed by atoms with Crippen LogP contribution in [0.4, 0.5) is 4.39 Å². The Balaban J connectivity index is 2.21. The molecule has 226 valence electrons. The van der Waals surface area contributed by atoms with Crippen LogP contribution in [0.1, 0.15) is 59.1 Å². The van der Waals surface area contributed by atoms with Crippen molar-refractivity contribution in [3.63, 3.8) is 0 Å². The van der Waals surface area contributed by atoms with Gasteiger partial charge in [0.1, 0.15) is 11.4 Å². The average molecular weight is 585 g/mol. The fourth-order valence-electron chi connectivity index (χ4n) is 5.11. The highest BCUT2D eigenvalue weighted by Gasteiger charge is 2.30. The second kappa shape index (κ2) is 17.3. The number of likely N-dealkylation sites (N-methyl/N-ethyl adjacent to an activating group) is 1. The summed E-state index contributed by atoms with van der Waals surface area (Å²) in [5.41, 5.74) is 4.59. The van der Waals surface area contributed by atoms with E-state index in [9.17, 15) is 4.39 Å². The topological polar surface area (TPSA) is 31.0 Å². The number of ether oxygens (including phenoxy) is 1. The van der Waals surface area contributed by atoms with Gasteiger partial charge in [0.15, 0.2) is 5.88 Å². The van der Waals surface area contributed by atoms with E-state index < -0.39 is 0 Å². The molecule has 1 saturated heterocycles. The Bertz CT molecular complexity index is 1090. The van der Waals surface area contributed by atoms with Gasteiger partial charge in [0.2, 0.25) is 0 Å². The van der Waals surface area contributed by atoms with Crippen LogP contribution in [0.15, 0.2) is 90.6 Å². The number of piperazine rings is 1. The molecule has 0 saturated carbocycles. The largest absolute Gasteiger partial charge is 0.474 e. The molecule has 0 amide bonds. The molecule has 1 aromatic carbocycles. The third-order valence-electron chi connectivity index (χ3n) is 7.14. The van der Waals surface area contributed by atoms with Crippen molar-refractivity contribution in [3.8, 4) is 0 Å². The van der Waals surface area contributed by atoms with Crippen molar-refractivity contribution in [2.45, 2.75) is 65.1 Å². The van der Waals surface area contributed by atoms with Gasteiger partial charge in [0.25, 0.3) is 0 Å². The van der Waals surface area contributed by atoms with Crippen molar-refractivity contribution < 1.29 is 9.13 Å². The molecule has 2 rings (SSSR count). The third kappa shape index (κ3) is 11.6. The van der Waals surface area contributed by atoms with Gasteiger partial charge >= 0.3 is 0 Å². The van der Waals surface area contributed by atoms with Crippen LogP contribution < -0.4 is 5.32 Å². The van der Waals surface area contributed by atoms with Gasteiger partial charge in [-0.05, 0) is 71.5 Å². The van der Waals surface area contributed by atoms with Crippen LogP contribution in [0, 0.1) is 5.82 Å². The molecule has 1 fully saturated rings. The number of hydrogen-bond acceptors (Lipinski definition) is 5. The number of halogens is 2. The van der Waals surface area contributed by atoms with Crippen molar-refractivity contribution >= 4 is 11.6 Å². The summed E-state index contributed by atoms with van der Waals surface area (Å²) in [7, 11) is 0. The minimum absolute atomic E-state index is 0.0122. The first-order valence-electron chi connectivity index (χ1n) is 14.7. The molecule has 2 unspecified atom stereocenters. The van der Waals surface area contributed by atoms with E-state index in [4.69, 9.17) is 16.3 Å². The van der Waals surface area contributed by atoms with Crippen LogP contribution in [-0.2, 0) is 4.74 Å². The summed E-state index contributed by atoms with van der Waals surface area (Å²) in [5.74, 6) is 0.373. The van der Waals surface area contributed by atoms with E-state index in [0.29, 0.717) is 10.9 Å². The van der Waals surface area contributed by atoms with Gasteiger partial charge in [-0.3, -0.25) is 4.90 Å². The summed E-state index contributed by atoms with van der Waals surface area (Å²) in [6, 6.07) is 7.07. The molecule has 0 radical (unpaired) electrons. The van der Waals surface area contributed by atoms with Crippen LogP contribution in [0.5, 0.6) is 0 Å². The van der Waals surface area contributed by atoms with E-state index in [1.54, 1.807) is 24.3 Å². The van der Waals surface area contributed by atoms with Gasteiger partial charge in [-0.2, -0.15) is 0 Å². The number of benzene rings is 1. The minimum Gasteiger partial charge on any atom is -0.474 e. The van der Waals surface area contributed by atoms with Crippen LogP contribution in [0.25, 0.3) is 0 Å². The van der Waals surface area contributed by atoms with Gasteiger partial charge in [0.05, 0.1) is 17.8 Å². The number of nitrogens with zero attached hydrogens (tertiary/aromatic N) is 3. The fourth-order valence-corrected chi connectivity index (χ4v) is 5.29. The molecule has 0 aromatic heterocycles. The first-order valence-corrected chi connectivity index (χ1v) is 15.1. The number of hydrogen-bond donors (Lipinski definition) is 1. The second-order valence-corrected chi connectivity index (χ2v) is 11.6. The van der Waals surface area contributed by atoms with Crippen LogP contribution in [0.2, 0.25) is 0 Å². The molecule has 1 aliphatic rings. The van der Waals surface area contributed by atoms with E-state index in [-0.39, 0.29) is 23.5 Å². The molecule has 1 aromatic rings. The summed E-state index contributed by atoms with van der Waals surface area (Å²) in [6.45, 7) is 28.0. The maximum atomic E-state index is 15.0. The van der Waals surface area contributed by atoms with Crippen molar-refractivity contribution in [3.05, 3.63) is 102 Å². The number of nitrogens with one attached hydrogen (secondary N) is 1. The molecule has 0 bridgehead atoms. The zero-order chi connectivity index (χ0) is 30.4. The molecule has 0 spiro atoms. The van der Waals surface area contributed by atoms with E-state index in [2.05, 4.69) is 65.4 Å². The lowest BCUT2D eigenvalue weighted by Gasteiger charge is -2.43. The molecular weight excluding hydrogens is 535 g/mol. The SMILES string of the molecule is C=C=C(C(CC/C=C\C(Cl)=C/C=C)NC(=C)OC(C)(C)C)N1CCN(C(CN(CC)CC)c2ccccc2F)CC1. The molecule has 1 N–H and O–H groups in total. The summed E-state index contributed by atoms with van der Waals surface area (Å²) >= 11 is 6.19. The minimum atomic E-state index is -0.367. The van der Waals surface area contributed by atoms with Crippen molar-refractivity contribution in [1.82, 2.24) is 20.0 Å². The first-order chi connectivity index (χ1) is 19.5. The molecule has 7 heteroatoms. The standard InChI is InChI=1S/C34H50ClFN4O/c1-9-17-28(35)18-13-16-21-31(37-27(5)41-34(6,7)8)32(10-2)39-22-24-40(25-23-39)33(26-38(11-3)12-4)29-19-14-15-20-30(29)36/h9,13-15,17-20,31,33,37H,1-2,5,11-12,16,21-26H2,3-4,6-8H3/b18-13-,28-17+. The Morgan fingerprint density at radius 3 is 2.41 bits per heavy atom. The van der Waals surface area contributed by atoms with E-state index in [0.717, 1.165) is 69.9 Å². The number of allylic oxidation sites excluding steroid dienone is 5. The summed E-state index contributed by atoms with van der Waals surface area (Å²) < 4.78 is 21.0. The van der Waals surface area contributed by atoms with Crippen LogP contribution in [-0.4, -0.2) is 72.2 Å². The zero-order valence-corrected chi connectivity index (χ0v) is 26.5. The lowest BCUT2D eigenvalue weighted by atomic mass is 10.0. The van der Waals surface area contributed by atoms with Gasteiger partial charge in [0, 0.05) is 43.3 Å². The lowest BCUT2D eigenvalue weighted by Crippen LogP contribution is -2.51. The lowest BCUT2D eigenvalue weighted by molar-refractivity contribution is 0.0371. The van der Waals surface area contributed by atoms with Crippen molar-refractivity contribution in [2.24, 2.45) is 0 Å². The molecule has 0 aliphatic carbocycles. The summed E-state index contributed by atoms with van der Waals surface area (Å²) in [4.78, 5) is 7.10. The highest BCUT2D eigenvalue weighted by atomic mass is 35.5. The normalized spacial score (nSPS) is 16.4. The molecule has 1 heterocycles. The Kier molecular flexibility index (Phi) is 14.5. The molecule has 1 aliphatic heterocycles.